The lowest BCUT2D eigenvalue weighted by molar-refractivity contribution is 0.0504. The van der Waals surface area contributed by atoms with Crippen LogP contribution in [0.25, 0.3) is 0 Å². The number of alkyl carbamates (subject to hydrolysis) is 1. The van der Waals surface area contributed by atoms with Gasteiger partial charge in [0.25, 0.3) is 5.95 Å². The van der Waals surface area contributed by atoms with E-state index >= 15 is 0 Å². The molecule has 238 valence electrons. The Balaban J connectivity index is 1.19. The summed E-state index contributed by atoms with van der Waals surface area (Å²) in [5.74, 6) is -1.47. The van der Waals surface area contributed by atoms with Gasteiger partial charge in [-0.05, 0) is 56.3 Å². The predicted octanol–water partition coefficient (Wildman–Crippen LogP) is 5.19. The fraction of sp³-hybridized carbons (Fsp3) is 0.567. The molecule has 0 saturated carbocycles. The minimum atomic E-state index is -1.28. The molecule has 11 nitrogen and oxygen atoms in total. The zero-order valence-electron chi connectivity index (χ0n) is 25.5. The first kappa shape index (κ1) is 31.3. The minimum Gasteiger partial charge on any atom is -0.490 e. The van der Waals surface area contributed by atoms with Gasteiger partial charge in [0.05, 0.1) is 25.0 Å². The zero-order valence-corrected chi connectivity index (χ0v) is 25.5. The zero-order chi connectivity index (χ0) is 31.6. The van der Waals surface area contributed by atoms with E-state index in [1.54, 1.807) is 38.1 Å². The molecule has 2 aromatic heterocycles. The Morgan fingerprint density at radius 3 is 2.34 bits per heavy atom. The monoisotopic (exact) mass is 617 g/mol. The van der Waals surface area contributed by atoms with Crippen molar-refractivity contribution in [3.05, 3.63) is 53.4 Å². The maximum atomic E-state index is 14.8. The van der Waals surface area contributed by atoms with Crippen molar-refractivity contribution < 1.29 is 32.0 Å². The molecule has 2 atom stereocenters. The van der Waals surface area contributed by atoms with E-state index in [0.717, 1.165) is 32.0 Å². The van der Waals surface area contributed by atoms with E-state index in [0.29, 0.717) is 42.1 Å². The molecule has 0 aliphatic carbocycles. The number of rotatable bonds is 8. The average Bonchev–Trinajstić information content (AvgIpc) is 3.62. The molecule has 2 fully saturated rings. The van der Waals surface area contributed by atoms with Crippen molar-refractivity contribution in [1.29, 1.82) is 0 Å². The summed E-state index contributed by atoms with van der Waals surface area (Å²) >= 11 is 0. The molecule has 0 bridgehead atoms. The van der Waals surface area contributed by atoms with Crippen molar-refractivity contribution >= 4 is 18.0 Å². The topological polar surface area (TPSA) is 119 Å². The summed E-state index contributed by atoms with van der Waals surface area (Å²) in [5, 5.41) is 6.85. The summed E-state index contributed by atoms with van der Waals surface area (Å²) in [4.78, 5) is 29.8. The second-order valence-corrected chi connectivity index (χ2v) is 12.6. The summed E-state index contributed by atoms with van der Waals surface area (Å²) in [5.41, 5.74) is -0.814. The molecule has 14 heteroatoms. The van der Waals surface area contributed by atoms with Crippen molar-refractivity contribution in [2.24, 2.45) is 5.92 Å². The molecule has 0 spiro atoms. The van der Waals surface area contributed by atoms with Crippen LogP contribution in [0.5, 0.6) is 5.75 Å². The molecule has 1 amide bonds. The fourth-order valence-electron chi connectivity index (χ4n) is 5.36. The van der Waals surface area contributed by atoms with Crippen LogP contribution in [0.2, 0.25) is 0 Å². The van der Waals surface area contributed by atoms with Crippen molar-refractivity contribution in [2.45, 2.75) is 70.9 Å². The highest BCUT2D eigenvalue weighted by Crippen LogP contribution is 2.33. The number of piperidine rings is 1. The molecule has 1 aromatic carbocycles. The lowest BCUT2D eigenvalue weighted by atomic mass is 9.93. The fourth-order valence-corrected chi connectivity index (χ4v) is 5.36. The van der Waals surface area contributed by atoms with Gasteiger partial charge in [0, 0.05) is 44.1 Å². The van der Waals surface area contributed by atoms with E-state index in [-0.39, 0.29) is 24.6 Å². The Hall–Kier alpha value is -4.10. The molecule has 2 aliphatic heterocycles. The van der Waals surface area contributed by atoms with E-state index < -0.39 is 41.1 Å². The molecule has 2 saturated heterocycles. The molecular weight excluding hydrogens is 579 g/mol. The van der Waals surface area contributed by atoms with Crippen molar-refractivity contribution in [2.75, 3.05) is 42.6 Å². The number of ether oxygens (including phenoxy) is 2. The standard InChI is InChI=1S/C30H38F3N7O4/c1-17(2)26-37-28(38-44-26)39-8-6-18(7-9-39)16-42-19-12-34-27(35-13-19)40-14-21(20-10-23(32)24(33)11-22(20)31)25(15-40)36-29(41)43-30(3,4)5/h10-13,17-18,21,25H,6-9,14-16H2,1-5H3,(H,36,41)/t21-,25+/m1/s1. The molecule has 0 unspecified atom stereocenters. The Morgan fingerprint density at radius 2 is 1.70 bits per heavy atom. The lowest BCUT2D eigenvalue weighted by Gasteiger charge is -2.30. The van der Waals surface area contributed by atoms with Crippen LogP contribution in [-0.2, 0) is 4.74 Å². The maximum absolute atomic E-state index is 14.8. The highest BCUT2D eigenvalue weighted by Gasteiger charge is 2.39. The normalized spacial score (nSPS) is 19.5. The number of hydrogen-bond donors (Lipinski definition) is 1. The van der Waals surface area contributed by atoms with Gasteiger partial charge in [0.2, 0.25) is 11.8 Å². The van der Waals surface area contributed by atoms with Crippen molar-refractivity contribution in [3.8, 4) is 5.75 Å². The average molecular weight is 618 g/mol. The third-order valence-corrected chi connectivity index (χ3v) is 7.67. The van der Waals surface area contributed by atoms with Gasteiger partial charge >= 0.3 is 6.09 Å². The van der Waals surface area contributed by atoms with E-state index in [2.05, 4.69) is 30.3 Å². The Labute approximate surface area is 254 Å². The third kappa shape index (κ3) is 7.51. The van der Waals surface area contributed by atoms with Crippen molar-refractivity contribution in [1.82, 2.24) is 25.4 Å². The molecule has 4 heterocycles. The number of nitrogens with zero attached hydrogens (tertiary/aromatic N) is 6. The van der Waals surface area contributed by atoms with Gasteiger partial charge in [0.1, 0.15) is 11.4 Å². The summed E-state index contributed by atoms with van der Waals surface area (Å²) < 4.78 is 59.2. The number of hydrogen-bond acceptors (Lipinski definition) is 10. The number of amides is 1. The number of nitrogens with one attached hydrogen (secondary N) is 1. The summed E-state index contributed by atoms with van der Waals surface area (Å²) in [6.45, 7) is 11.6. The van der Waals surface area contributed by atoms with E-state index in [4.69, 9.17) is 14.0 Å². The summed E-state index contributed by atoms with van der Waals surface area (Å²) in [7, 11) is 0. The summed E-state index contributed by atoms with van der Waals surface area (Å²) in [6.07, 6.45) is 4.24. The van der Waals surface area contributed by atoms with Crippen LogP contribution >= 0.6 is 0 Å². The smallest absolute Gasteiger partial charge is 0.407 e. The van der Waals surface area contributed by atoms with E-state index in [1.165, 1.54) is 0 Å². The number of aromatic nitrogens is 4. The van der Waals surface area contributed by atoms with Gasteiger partial charge in [-0.3, -0.25) is 0 Å². The molecule has 1 N–H and O–H groups in total. The molecule has 3 aromatic rings. The first-order valence-electron chi connectivity index (χ1n) is 14.8. The second kappa shape index (κ2) is 12.9. The SMILES string of the molecule is CC(C)c1nc(N2CCC(COc3cnc(N4C[C@H](NC(=O)OC(C)(C)C)[C@@H](c5cc(F)c(F)cc5F)C4)nc3)CC2)no1. The number of carbonyl (C=O) groups is 1. The van der Waals surface area contributed by atoms with Gasteiger partial charge in [-0.2, -0.15) is 4.98 Å². The Morgan fingerprint density at radius 1 is 1.02 bits per heavy atom. The first-order chi connectivity index (χ1) is 20.9. The highest BCUT2D eigenvalue weighted by molar-refractivity contribution is 5.68. The van der Waals surface area contributed by atoms with Crippen LogP contribution in [0.3, 0.4) is 0 Å². The Bertz CT molecular complexity index is 1440. The van der Waals surface area contributed by atoms with Crippen LogP contribution in [-0.4, -0.2) is 70.6 Å². The largest absolute Gasteiger partial charge is 0.490 e. The number of carbonyl (C=O) groups excluding carboxylic acids is 1. The molecule has 44 heavy (non-hydrogen) atoms. The van der Waals surface area contributed by atoms with E-state index in [1.807, 2.05) is 13.8 Å². The van der Waals surface area contributed by atoms with Gasteiger partial charge in [0.15, 0.2) is 17.4 Å². The van der Waals surface area contributed by atoms with Gasteiger partial charge < -0.3 is 29.1 Å². The second-order valence-electron chi connectivity index (χ2n) is 12.6. The highest BCUT2D eigenvalue weighted by atomic mass is 19.2. The number of halogens is 3. The van der Waals surface area contributed by atoms with Crippen LogP contribution < -0.4 is 19.9 Å². The quantitative estimate of drug-likeness (QED) is 0.338. The van der Waals surface area contributed by atoms with Crippen LogP contribution in [0, 0.1) is 23.4 Å². The molecule has 2 aliphatic rings. The van der Waals surface area contributed by atoms with Gasteiger partial charge in [-0.15, -0.1) is 0 Å². The van der Waals surface area contributed by atoms with Crippen molar-refractivity contribution in [3.63, 3.8) is 0 Å². The molecular formula is C30H38F3N7O4. The van der Waals surface area contributed by atoms with Crippen LogP contribution in [0.1, 0.15) is 70.8 Å². The first-order valence-corrected chi connectivity index (χ1v) is 14.8. The van der Waals surface area contributed by atoms with E-state index in [9.17, 15) is 18.0 Å². The maximum Gasteiger partial charge on any atom is 0.407 e. The predicted molar refractivity (Wildman–Crippen MR) is 155 cm³/mol. The van der Waals surface area contributed by atoms with Gasteiger partial charge in [-0.1, -0.05) is 13.8 Å². The number of anilines is 2. The van der Waals surface area contributed by atoms with Crippen LogP contribution in [0.15, 0.2) is 29.0 Å². The van der Waals surface area contributed by atoms with Gasteiger partial charge in [-0.25, -0.2) is 27.9 Å². The minimum absolute atomic E-state index is 0.0573. The molecule has 0 radical (unpaired) electrons. The summed E-state index contributed by atoms with van der Waals surface area (Å²) in [6, 6.07) is 0.660. The number of benzene rings is 1. The third-order valence-electron chi connectivity index (χ3n) is 7.67. The van der Waals surface area contributed by atoms with Crippen LogP contribution in [0.4, 0.5) is 29.9 Å². The molecule has 5 rings (SSSR count). The Kier molecular flexibility index (Phi) is 9.16. The lowest BCUT2D eigenvalue weighted by Crippen LogP contribution is -2.43.